The van der Waals surface area contributed by atoms with Crippen molar-refractivity contribution in [2.24, 2.45) is 0 Å². The molecule has 1 atom stereocenters. The van der Waals surface area contributed by atoms with Crippen LogP contribution in [0.3, 0.4) is 0 Å². The molecule has 2 aliphatic rings. The van der Waals surface area contributed by atoms with Crippen molar-refractivity contribution in [3.63, 3.8) is 0 Å². The van der Waals surface area contributed by atoms with E-state index in [-0.39, 0.29) is 23.2 Å². The third-order valence-electron chi connectivity index (χ3n) is 1.99. The Labute approximate surface area is 96.4 Å². The minimum atomic E-state index is -0.259. The summed E-state index contributed by atoms with van der Waals surface area (Å²) in [5.74, 6) is 0. The second kappa shape index (κ2) is 7.81. The van der Waals surface area contributed by atoms with Crippen LogP contribution in [0.5, 0.6) is 0 Å². The van der Waals surface area contributed by atoms with Gasteiger partial charge in [-0.05, 0) is 25.3 Å². The zero-order chi connectivity index (χ0) is 9.52. The van der Waals surface area contributed by atoms with Crippen molar-refractivity contribution in [2.75, 3.05) is 0 Å². The van der Waals surface area contributed by atoms with Gasteiger partial charge < -0.3 is 5.11 Å². The number of aliphatic hydroxyl groups excluding tert-OH is 1. The topological polar surface area (TPSA) is 20.2 Å². The van der Waals surface area contributed by atoms with Crippen molar-refractivity contribution < 1.29 is 22.2 Å². The Balaban J connectivity index is 0.000000246. The molecule has 0 heterocycles. The maximum atomic E-state index is 8.94. The van der Waals surface area contributed by atoms with Gasteiger partial charge in [-0.2, -0.15) is 0 Å². The molecule has 0 radical (unpaired) electrons. The molecule has 0 amide bonds. The van der Waals surface area contributed by atoms with Gasteiger partial charge in [-0.1, -0.05) is 42.5 Å². The van der Waals surface area contributed by atoms with Crippen LogP contribution >= 0.6 is 0 Å². The first-order valence-corrected chi connectivity index (χ1v) is 4.66. The Morgan fingerprint density at radius 1 is 1.14 bits per heavy atom. The summed E-state index contributed by atoms with van der Waals surface area (Å²) in [4.78, 5) is 0. The van der Waals surface area contributed by atoms with E-state index >= 15 is 0 Å². The van der Waals surface area contributed by atoms with Gasteiger partial charge in [0.2, 0.25) is 0 Å². The molecule has 0 fully saturated rings. The SMILES string of the molecule is C1=CCC=C1.CC(O)C1=CC=CC1.[Fe]. The van der Waals surface area contributed by atoms with Crippen molar-refractivity contribution >= 4 is 0 Å². The fourth-order valence-electron chi connectivity index (χ4n) is 1.17. The van der Waals surface area contributed by atoms with E-state index in [1.165, 1.54) is 0 Å². The van der Waals surface area contributed by atoms with Gasteiger partial charge in [0, 0.05) is 17.1 Å². The molecule has 0 spiro atoms. The maximum absolute atomic E-state index is 8.94. The zero-order valence-corrected chi connectivity index (χ0v) is 9.44. The fourth-order valence-corrected chi connectivity index (χ4v) is 1.17. The number of aliphatic hydroxyl groups is 1. The van der Waals surface area contributed by atoms with E-state index < -0.39 is 0 Å². The molecule has 0 aromatic carbocycles. The maximum Gasteiger partial charge on any atom is 0.0728 e. The van der Waals surface area contributed by atoms with Crippen LogP contribution in [0.2, 0.25) is 0 Å². The summed E-state index contributed by atoms with van der Waals surface area (Å²) >= 11 is 0. The summed E-state index contributed by atoms with van der Waals surface area (Å²) < 4.78 is 0. The van der Waals surface area contributed by atoms with Crippen LogP contribution < -0.4 is 0 Å². The molecule has 14 heavy (non-hydrogen) atoms. The van der Waals surface area contributed by atoms with Gasteiger partial charge in [0.25, 0.3) is 0 Å². The van der Waals surface area contributed by atoms with Crippen LogP contribution in [0.4, 0.5) is 0 Å². The second-order valence-corrected chi connectivity index (χ2v) is 3.14. The van der Waals surface area contributed by atoms with Crippen LogP contribution in [0, 0.1) is 0 Å². The molecule has 2 rings (SSSR count). The largest absolute Gasteiger partial charge is 0.389 e. The van der Waals surface area contributed by atoms with E-state index in [1.54, 1.807) is 6.92 Å². The normalized spacial score (nSPS) is 18.3. The Morgan fingerprint density at radius 3 is 2.00 bits per heavy atom. The second-order valence-electron chi connectivity index (χ2n) is 3.14. The average molecular weight is 232 g/mol. The smallest absolute Gasteiger partial charge is 0.0728 e. The quantitative estimate of drug-likeness (QED) is 0.689. The van der Waals surface area contributed by atoms with Crippen LogP contribution in [0.1, 0.15) is 19.8 Å². The molecule has 0 saturated carbocycles. The summed E-state index contributed by atoms with van der Waals surface area (Å²) in [7, 11) is 0. The third-order valence-corrected chi connectivity index (χ3v) is 1.99. The van der Waals surface area contributed by atoms with Crippen molar-refractivity contribution in [3.8, 4) is 0 Å². The molecule has 1 nitrogen and oxygen atoms in total. The van der Waals surface area contributed by atoms with E-state index in [0.717, 1.165) is 18.4 Å². The number of allylic oxidation sites excluding steroid dienone is 7. The predicted octanol–water partition coefficient (Wildman–Crippen LogP) is 2.75. The zero-order valence-electron chi connectivity index (χ0n) is 8.33. The van der Waals surface area contributed by atoms with Gasteiger partial charge in [-0.15, -0.1) is 0 Å². The minimum absolute atomic E-state index is 0. The monoisotopic (exact) mass is 232 g/mol. The van der Waals surface area contributed by atoms with Gasteiger partial charge >= 0.3 is 0 Å². The molecule has 0 bridgehead atoms. The summed E-state index contributed by atoms with van der Waals surface area (Å²) in [6.07, 6.45) is 16.1. The first-order valence-electron chi connectivity index (χ1n) is 4.66. The average Bonchev–Trinajstić information content (AvgIpc) is 2.82. The molecule has 0 aromatic heterocycles. The van der Waals surface area contributed by atoms with Gasteiger partial charge in [0.05, 0.1) is 6.10 Å². The number of rotatable bonds is 1. The molecule has 0 saturated heterocycles. The fraction of sp³-hybridized carbons (Fsp3) is 0.333. The minimum Gasteiger partial charge on any atom is -0.389 e. The molecular formula is C12H16FeO. The van der Waals surface area contributed by atoms with E-state index in [2.05, 4.69) is 24.3 Å². The summed E-state index contributed by atoms with van der Waals surface area (Å²) in [6, 6.07) is 0. The van der Waals surface area contributed by atoms with Crippen molar-refractivity contribution in [2.45, 2.75) is 25.9 Å². The first kappa shape index (κ1) is 13.4. The van der Waals surface area contributed by atoms with Crippen LogP contribution in [0.25, 0.3) is 0 Å². The summed E-state index contributed by atoms with van der Waals surface area (Å²) in [5.41, 5.74) is 1.12. The van der Waals surface area contributed by atoms with Gasteiger partial charge in [0.15, 0.2) is 0 Å². The van der Waals surface area contributed by atoms with E-state index in [0.29, 0.717) is 0 Å². The molecule has 78 valence electrons. The molecule has 1 unspecified atom stereocenters. The van der Waals surface area contributed by atoms with Crippen LogP contribution in [-0.2, 0) is 17.1 Å². The Morgan fingerprint density at radius 2 is 1.79 bits per heavy atom. The van der Waals surface area contributed by atoms with E-state index in [1.807, 2.05) is 18.2 Å². The third kappa shape index (κ3) is 5.23. The van der Waals surface area contributed by atoms with Crippen molar-refractivity contribution in [1.82, 2.24) is 0 Å². The first-order chi connectivity index (χ1) is 6.30. The molecule has 2 heteroatoms. The molecule has 0 aliphatic heterocycles. The van der Waals surface area contributed by atoms with E-state index in [9.17, 15) is 0 Å². The standard InChI is InChI=1S/C7H10O.C5H6.Fe/c1-6(8)7-4-2-3-5-7;1-2-4-5-3-1;/h2-4,6,8H,5H2,1H3;1-4H,5H2;. The Hall–Kier alpha value is -0.561. The molecule has 0 aromatic rings. The molecular weight excluding hydrogens is 216 g/mol. The van der Waals surface area contributed by atoms with Gasteiger partial charge in [-0.3, -0.25) is 0 Å². The molecule has 2 aliphatic carbocycles. The van der Waals surface area contributed by atoms with Crippen molar-refractivity contribution in [3.05, 3.63) is 48.1 Å². The predicted molar refractivity (Wildman–Crippen MR) is 56.4 cm³/mol. The summed E-state index contributed by atoms with van der Waals surface area (Å²) in [5, 5.41) is 8.94. The van der Waals surface area contributed by atoms with Gasteiger partial charge in [-0.25, -0.2) is 0 Å². The number of hydrogen-bond donors (Lipinski definition) is 1. The molecule has 1 N–H and O–H groups in total. The van der Waals surface area contributed by atoms with Gasteiger partial charge in [0.1, 0.15) is 0 Å². The number of hydrogen-bond acceptors (Lipinski definition) is 1. The van der Waals surface area contributed by atoms with Crippen molar-refractivity contribution in [1.29, 1.82) is 0 Å². The van der Waals surface area contributed by atoms with Crippen LogP contribution in [-0.4, -0.2) is 11.2 Å². The van der Waals surface area contributed by atoms with E-state index in [4.69, 9.17) is 5.11 Å². The summed E-state index contributed by atoms with van der Waals surface area (Å²) in [6.45, 7) is 1.79. The Bertz CT molecular complexity index is 249. The Kier molecular flexibility index (Phi) is 7.49. The van der Waals surface area contributed by atoms with Crippen LogP contribution in [0.15, 0.2) is 48.1 Å².